The molecule has 0 spiro atoms. The fourth-order valence-electron chi connectivity index (χ4n) is 1.77. The Morgan fingerprint density at radius 1 is 1.32 bits per heavy atom. The quantitative estimate of drug-likeness (QED) is 0.863. The molecule has 0 saturated heterocycles. The molecular formula is C15H20N2O2. The molecule has 0 bridgehead atoms. The van der Waals surface area contributed by atoms with Gasteiger partial charge in [-0.2, -0.15) is 0 Å². The zero-order valence-corrected chi connectivity index (χ0v) is 11.4. The Hall–Kier alpha value is -1.81. The highest BCUT2D eigenvalue weighted by Gasteiger charge is 2.12. The highest BCUT2D eigenvalue weighted by molar-refractivity contribution is 5.61. The van der Waals surface area contributed by atoms with Crippen molar-refractivity contribution >= 4 is 0 Å². The molecule has 0 saturated carbocycles. The lowest BCUT2D eigenvalue weighted by atomic mass is 10.1. The number of rotatable bonds is 6. The highest BCUT2D eigenvalue weighted by atomic mass is 16.5. The lowest BCUT2D eigenvalue weighted by molar-refractivity contribution is 0.317. The summed E-state index contributed by atoms with van der Waals surface area (Å²) in [5, 5.41) is 4.07. The number of benzene rings is 1. The predicted octanol–water partition coefficient (Wildman–Crippen LogP) is 3.54. The maximum absolute atomic E-state index is 5.92. The van der Waals surface area contributed by atoms with E-state index in [9.17, 15) is 0 Å². The molecular weight excluding hydrogens is 240 g/mol. The molecule has 2 N–H and O–H groups in total. The van der Waals surface area contributed by atoms with Gasteiger partial charge in [-0.25, -0.2) is 0 Å². The summed E-state index contributed by atoms with van der Waals surface area (Å²) in [4.78, 5) is 0. The van der Waals surface area contributed by atoms with Crippen molar-refractivity contribution in [1.29, 1.82) is 0 Å². The van der Waals surface area contributed by atoms with Crippen LogP contribution in [0.25, 0.3) is 11.3 Å². The third kappa shape index (κ3) is 3.35. The summed E-state index contributed by atoms with van der Waals surface area (Å²) in [7, 11) is 0. The number of nitrogens with zero attached hydrogens (tertiary/aromatic N) is 1. The molecule has 4 heteroatoms. The van der Waals surface area contributed by atoms with Crippen molar-refractivity contribution in [2.24, 2.45) is 5.73 Å². The molecule has 4 nitrogen and oxygen atoms in total. The second-order valence-corrected chi connectivity index (χ2v) is 4.51. The smallest absolute Gasteiger partial charge is 0.154 e. The van der Waals surface area contributed by atoms with E-state index < -0.39 is 0 Å². The molecule has 1 aromatic heterocycles. The van der Waals surface area contributed by atoms with E-state index in [0.29, 0.717) is 6.61 Å². The second-order valence-electron chi connectivity index (χ2n) is 4.51. The van der Waals surface area contributed by atoms with Crippen molar-refractivity contribution in [2.75, 3.05) is 6.61 Å². The first-order valence-corrected chi connectivity index (χ1v) is 6.70. The van der Waals surface area contributed by atoms with E-state index in [4.69, 9.17) is 15.0 Å². The third-order valence-electron chi connectivity index (χ3n) is 2.94. The fourth-order valence-corrected chi connectivity index (χ4v) is 1.77. The van der Waals surface area contributed by atoms with Gasteiger partial charge in [0.05, 0.1) is 12.6 Å². The lowest BCUT2D eigenvalue weighted by Gasteiger charge is -2.05. The molecule has 1 unspecified atom stereocenters. The standard InChI is InChI=1S/C15H20N2O2/c1-3-8-18-12-7-5-6-11(9-12)14-10-15(19-17-14)13(16)4-2/h5-7,9-10,13H,3-4,8,16H2,1-2H3. The van der Waals surface area contributed by atoms with Crippen molar-refractivity contribution in [1.82, 2.24) is 5.16 Å². The first kappa shape index (κ1) is 13.6. The molecule has 2 aromatic rings. The molecule has 0 aliphatic rings. The fraction of sp³-hybridized carbons (Fsp3) is 0.400. The van der Waals surface area contributed by atoms with Crippen molar-refractivity contribution in [3.05, 3.63) is 36.1 Å². The van der Waals surface area contributed by atoms with Gasteiger partial charge in [-0.05, 0) is 25.0 Å². The summed E-state index contributed by atoms with van der Waals surface area (Å²) < 4.78 is 10.9. The molecule has 0 amide bonds. The van der Waals surface area contributed by atoms with Crippen LogP contribution in [-0.2, 0) is 0 Å². The van der Waals surface area contributed by atoms with Crippen LogP contribution in [0.5, 0.6) is 5.75 Å². The normalized spacial score (nSPS) is 12.4. The Labute approximate surface area is 113 Å². The number of nitrogens with two attached hydrogens (primary N) is 1. The van der Waals surface area contributed by atoms with E-state index in [-0.39, 0.29) is 6.04 Å². The summed E-state index contributed by atoms with van der Waals surface area (Å²) >= 11 is 0. The van der Waals surface area contributed by atoms with Crippen LogP contribution in [0.1, 0.15) is 38.5 Å². The van der Waals surface area contributed by atoms with Gasteiger partial charge in [0.15, 0.2) is 5.76 Å². The lowest BCUT2D eigenvalue weighted by Crippen LogP contribution is -2.06. The molecule has 19 heavy (non-hydrogen) atoms. The third-order valence-corrected chi connectivity index (χ3v) is 2.94. The number of hydrogen-bond donors (Lipinski definition) is 1. The van der Waals surface area contributed by atoms with E-state index in [2.05, 4.69) is 12.1 Å². The topological polar surface area (TPSA) is 61.3 Å². The van der Waals surface area contributed by atoms with Gasteiger partial charge in [0.2, 0.25) is 0 Å². The van der Waals surface area contributed by atoms with Gasteiger partial charge in [0, 0.05) is 11.6 Å². The van der Waals surface area contributed by atoms with Gasteiger partial charge in [-0.3, -0.25) is 0 Å². The summed E-state index contributed by atoms with van der Waals surface area (Å²) in [5.74, 6) is 1.57. The molecule has 2 rings (SSSR count). The molecule has 1 atom stereocenters. The molecule has 1 aromatic carbocycles. The first-order valence-electron chi connectivity index (χ1n) is 6.70. The summed E-state index contributed by atoms with van der Waals surface area (Å²) in [6.07, 6.45) is 1.82. The number of ether oxygens (including phenoxy) is 1. The Morgan fingerprint density at radius 3 is 2.89 bits per heavy atom. The van der Waals surface area contributed by atoms with E-state index >= 15 is 0 Å². The van der Waals surface area contributed by atoms with Crippen LogP contribution in [0.2, 0.25) is 0 Å². The number of hydrogen-bond acceptors (Lipinski definition) is 4. The van der Waals surface area contributed by atoms with E-state index in [1.807, 2.05) is 37.3 Å². The minimum atomic E-state index is -0.0965. The van der Waals surface area contributed by atoms with Crippen molar-refractivity contribution in [2.45, 2.75) is 32.7 Å². The van der Waals surface area contributed by atoms with Gasteiger partial charge >= 0.3 is 0 Å². The highest BCUT2D eigenvalue weighted by Crippen LogP contribution is 2.25. The Balaban J connectivity index is 2.19. The van der Waals surface area contributed by atoms with Crippen LogP contribution in [-0.4, -0.2) is 11.8 Å². The Bertz CT molecular complexity index is 522. The van der Waals surface area contributed by atoms with Gasteiger partial charge in [-0.1, -0.05) is 31.1 Å². The minimum absolute atomic E-state index is 0.0965. The molecule has 102 valence electrons. The second kappa shape index (κ2) is 6.38. The molecule has 1 heterocycles. The van der Waals surface area contributed by atoms with Crippen LogP contribution in [0.4, 0.5) is 0 Å². The maximum atomic E-state index is 5.92. The molecule has 0 aliphatic heterocycles. The zero-order chi connectivity index (χ0) is 13.7. The maximum Gasteiger partial charge on any atom is 0.154 e. The summed E-state index contributed by atoms with van der Waals surface area (Å²) in [6.45, 7) is 4.82. The van der Waals surface area contributed by atoms with Crippen LogP contribution in [0, 0.1) is 0 Å². The number of aromatic nitrogens is 1. The van der Waals surface area contributed by atoms with Gasteiger partial charge < -0.3 is 15.0 Å². The average Bonchev–Trinajstić information content (AvgIpc) is 2.94. The summed E-state index contributed by atoms with van der Waals surface area (Å²) in [5.41, 5.74) is 7.69. The Kier molecular flexibility index (Phi) is 4.58. The Morgan fingerprint density at radius 2 is 2.16 bits per heavy atom. The van der Waals surface area contributed by atoms with Crippen molar-refractivity contribution in [3.63, 3.8) is 0 Å². The first-order chi connectivity index (χ1) is 9.24. The predicted molar refractivity (Wildman–Crippen MR) is 74.9 cm³/mol. The van der Waals surface area contributed by atoms with Crippen LogP contribution in [0.15, 0.2) is 34.9 Å². The molecule has 0 fully saturated rings. The van der Waals surface area contributed by atoms with E-state index in [1.165, 1.54) is 0 Å². The largest absolute Gasteiger partial charge is 0.494 e. The zero-order valence-electron chi connectivity index (χ0n) is 11.4. The van der Waals surface area contributed by atoms with Gasteiger partial charge in [-0.15, -0.1) is 0 Å². The van der Waals surface area contributed by atoms with Crippen LogP contribution >= 0.6 is 0 Å². The van der Waals surface area contributed by atoms with E-state index in [1.54, 1.807) is 0 Å². The minimum Gasteiger partial charge on any atom is -0.494 e. The van der Waals surface area contributed by atoms with Gasteiger partial charge in [0.1, 0.15) is 11.4 Å². The van der Waals surface area contributed by atoms with Crippen LogP contribution < -0.4 is 10.5 Å². The monoisotopic (exact) mass is 260 g/mol. The molecule has 0 aliphatic carbocycles. The van der Waals surface area contributed by atoms with E-state index in [0.717, 1.165) is 35.6 Å². The van der Waals surface area contributed by atoms with Crippen LogP contribution in [0.3, 0.4) is 0 Å². The summed E-state index contributed by atoms with van der Waals surface area (Å²) in [6, 6.07) is 9.65. The average molecular weight is 260 g/mol. The van der Waals surface area contributed by atoms with Crippen molar-refractivity contribution in [3.8, 4) is 17.0 Å². The van der Waals surface area contributed by atoms with Crippen molar-refractivity contribution < 1.29 is 9.26 Å². The van der Waals surface area contributed by atoms with Gasteiger partial charge in [0.25, 0.3) is 0 Å². The SMILES string of the molecule is CCCOc1cccc(-c2cc(C(N)CC)on2)c1. The molecule has 0 radical (unpaired) electrons.